The highest BCUT2D eigenvalue weighted by Gasteiger charge is 2.32. The number of amides is 1. The Morgan fingerprint density at radius 1 is 0.702 bits per heavy atom. The number of benzene rings is 2. The van der Waals surface area contributed by atoms with E-state index in [1.165, 1.54) is 19.5 Å². The second-order valence-electron chi connectivity index (χ2n) is 10.5. The van der Waals surface area contributed by atoms with Crippen molar-refractivity contribution >= 4 is 23.3 Å². The molecule has 1 unspecified atom stereocenters. The first-order valence-corrected chi connectivity index (χ1v) is 17.3. The van der Waals surface area contributed by atoms with Crippen molar-refractivity contribution in [3.8, 4) is 11.8 Å². The summed E-state index contributed by atoms with van der Waals surface area (Å²) in [4.78, 5) is 43.9. The first-order valence-electron chi connectivity index (χ1n) is 17.3. The molecule has 2 aromatic carbocycles. The fraction of sp³-hybridized carbons (Fsp3) is 0.561. The number of nitrogens with one attached hydrogen (secondary N) is 1. The molecule has 0 radical (unpaired) electrons. The summed E-state index contributed by atoms with van der Waals surface area (Å²) < 4.78 is 0. The summed E-state index contributed by atoms with van der Waals surface area (Å²) >= 11 is 0. The zero-order chi connectivity index (χ0) is 37.4. The van der Waals surface area contributed by atoms with Crippen molar-refractivity contribution in [2.24, 2.45) is 11.3 Å². The van der Waals surface area contributed by atoms with E-state index in [4.69, 9.17) is 5.11 Å². The number of carbonyl (C=O) groups is 4. The predicted octanol–water partition coefficient (Wildman–Crippen LogP) is 9.43. The van der Waals surface area contributed by atoms with Gasteiger partial charge < -0.3 is 10.4 Å². The number of ketones is 3. The van der Waals surface area contributed by atoms with Crippen LogP contribution in [0.3, 0.4) is 0 Å². The molecular weight excluding hydrogens is 586 g/mol. The molecule has 2 N–H and O–H groups in total. The lowest BCUT2D eigenvalue weighted by Gasteiger charge is -2.30. The number of aliphatic hydroxyl groups is 1. The van der Waals surface area contributed by atoms with Gasteiger partial charge >= 0.3 is 0 Å². The Labute approximate surface area is 288 Å². The predicted molar refractivity (Wildman–Crippen MR) is 201 cm³/mol. The fourth-order valence-corrected chi connectivity index (χ4v) is 4.50. The monoisotopic (exact) mass is 654 g/mol. The molecule has 6 heteroatoms. The van der Waals surface area contributed by atoms with E-state index in [0.717, 1.165) is 68.7 Å². The number of aryl methyl sites for hydroxylation is 1. The molecule has 0 heterocycles. The Kier molecular flexibility index (Phi) is 34.7. The molecule has 0 aliphatic rings. The van der Waals surface area contributed by atoms with Crippen molar-refractivity contribution in [2.75, 3.05) is 14.2 Å². The Hall–Kier alpha value is -3.56. The smallest absolute Gasteiger partial charge is 0.230 e. The minimum Gasteiger partial charge on any atom is -0.400 e. The van der Waals surface area contributed by atoms with Gasteiger partial charge in [-0.15, -0.1) is 0 Å². The standard InChI is InChI=1S/C18H16O.C12H24O.C6H11NO2.2C2H6.CH4O/c1-3-15-4-6-16(7-5-15)8-9-17-10-12-18(13-11-17)14(2)19;1-5-8-12(9-6-2,10-7-3)11(4)13;1-4(5(2)8)6(9)7-3;3*1-2/h4-7,10-13H,3H2,1-2H3;5-10H2,1-4H3;4H,1-3H3,(H,7,9);2*1-2H3;2H,1H3. The Morgan fingerprint density at radius 3 is 1.30 bits per heavy atom. The van der Waals surface area contributed by atoms with Crippen molar-refractivity contribution in [3.63, 3.8) is 0 Å². The highest BCUT2D eigenvalue weighted by Crippen LogP contribution is 2.35. The van der Waals surface area contributed by atoms with Crippen molar-refractivity contribution in [1.82, 2.24) is 5.32 Å². The van der Waals surface area contributed by atoms with E-state index in [2.05, 4.69) is 57.0 Å². The summed E-state index contributed by atoms with van der Waals surface area (Å²) in [6.45, 7) is 23.0. The SMILES string of the molecule is CC.CC.CCCC(CCC)(CCC)C(C)=O.CCc1ccc(C#Cc2ccc(C(C)=O)cc2)cc1.CNC(=O)C(C)C(C)=O.CO. The lowest BCUT2D eigenvalue weighted by Crippen LogP contribution is -2.29. The summed E-state index contributed by atoms with van der Waals surface area (Å²) in [5.41, 5.74) is 3.98. The van der Waals surface area contributed by atoms with Gasteiger partial charge in [0, 0.05) is 36.3 Å². The molecule has 2 aromatic rings. The molecular formula is C41H67NO5. The van der Waals surface area contributed by atoms with Crippen LogP contribution in [0.15, 0.2) is 48.5 Å². The van der Waals surface area contributed by atoms with E-state index < -0.39 is 5.92 Å². The summed E-state index contributed by atoms with van der Waals surface area (Å²) in [7, 11) is 2.52. The van der Waals surface area contributed by atoms with E-state index in [1.54, 1.807) is 20.8 Å². The van der Waals surface area contributed by atoms with Gasteiger partial charge in [-0.1, -0.05) is 111 Å². The van der Waals surface area contributed by atoms with Crippen LogP contribution in [0.5, 0.6) is 0 Å². The summed E-state index contributed by atoms with van der Waals surface area (Å²) in [5.74, 6) is 5.88. The Morgan fingerprint density at radius 2 is 1.06 bits per heavy atom. The number of hydrogen-bond donors (Lipinski definition) is 2. The molecule has 0 saturated heterocycles. The van der Waals surface area contributed by atoms with Gasteiger partial charge in [0.25, 0.3) is 0 Å². The van der Waals surface area contributed by atoms with Crippen LogP contribution in [0.2, 0.25) is 0 Å². The van der Waals surface area contributed by atoms with Gasteiger partial charge in [-0.05, 0) is 83.2 Å². The normalized spacial score (nSPS) is 9.85. The number of Topliss-reactive ketones (excluding diaryl/α,β-unsaturated/α-hetero) is 3. The number of rotatable bonds is 11. The van der Waals surface area contributed by atoms with Gasteiger partial charge in [-0.3, -0.25) is 19.2 Å². The molecule has 1 amide bonds. The summed E-state index contributed by atoms with van der Waals surface area (Å²) in [6, 6.07) is 15.7. The van der Waals surface area contributed by atoms with Gasteiger partial charge in [0.15, 0.2) is 5.78 Å². The lowest BCUT2D eigenvalue weighted by molar-refractivity contribution is -0.132. The van der Waals surface area contributed by atoms with Crippen LogP contribution in [0.4, 0.5) is 0 Å². The average molecular weight is 654 g/mol. The van der Waals surface area contributed by atoms with E-state index in [1.807, 2.05) is 64.1 Å². The highest BCUT2D eigenvalue weighted by molar-refractivity contribution is 5.99. The first-order chi connectivity index (χ1) is 22.4. The van der Waals surface area contributed by atoms with Gasteiger partial charge in [-0.2, -0.15) is 0 Å². The van der Waals surface area contributed by atoms with E-state index in [-0.39, 0.29) is 22.9 Å². The summed E-state index contributed by atoms with van der Waals surface area (Å²) in [5, 5.41) is 9.39. The number of hydrogen-bond acceptors (Lipinski definition) is 5. The molecule has 2 rings (SSSR count). The van der Waals surface area contributed by atoms with Crippen LogP contribution < -0.4 is 5.32 Å². The first kappa shape index (κ1) is 50.3. The molecule has 266 valence electrons. The van der Waals surface area contributed by atoms with Crippen LogP contribution in [0.1, 0.15) is 149 Å². The van der Waals surface area contributed by atoms with Gasteiger partial charge in [0.1, 0.15) is 11.6 Å². The topological polar surface area (TPSA) is 101 Å². The van der Waals surface area contributed by atoms with Crippen molar-refractivity contribution < 1.29 is 24.3 Å². The molecule has 47 heavy (non-hydrogen) atoms. The zero-order valence-corrected chi connectivity index (χ0v) is 32.2. The maximum Gasteiger partial charge on any atom is 0.230 e. The Balaban J connectivity index is -0.000000289. The average Bonchev–Trinajstić information content (AvgIpc) is 3.10. The molecule has 0 aromatic heterocycles. The van der Waals surface area contributed by atoms with Crippen LogP contribution in [0.25, 0.3) is 0 Å². The zero-order valence-electron chi connectivity index (χ0n) is 32.2. The molecule has 0 spiro atoms. The van der Waals surface area contributed by atoms with Crippen molar-refractivity contribution in [1.29, 1.82) is 0 Å². The van der Waals surface area contributed by atoms with E-state index >= 15 is 0 Å². The molecule has 0 aliphatic carbocycles. The highest BCUT2D eigenvalue weighted by atomic mass is 16.2. The maximum absolute atomic E-state index is 11.6. The molecule has 6 nitrogen and oxygen atoms in total. The van der Waals surface area contributed by atoms with Crippen LogP contribution in [0, 0.1) is 23.2 Å². The Bertz CT molecular complexity index is 1140. The second kappa shape index (κ2) is 32.4. The van der Waals surface area contributed by atoms with Gasteiger partial charge in [0.05, 0.1) is 5.92 Å². The van der Waals surface area contributed by atoms with Crippen LogP contribution >= 0.6 is 0 Å². The van der Waals surface area contributed by atoms with Gasteiger partial charge in [0.2, 0.25) is 5.91 Å². The molecule has 0 bridgehead atoms. The fourth-order valence-electron chi connectivity index (χ4n) is 4.50. The molecule has 0 aliphatic heterocycles. The molecule has 0 fully saturated rings. The maximum atomic E-state index is 11.6. The van der Waals surface area contributed by atoms with E-state index in [9.17, 15) is 19.2 Å². The van der Waals surface area contributed by atoms with Crippen molar-refractivity contribution in [2.45, 2.75) is 128 Å². The minimum atomic E-state index is -0.505. The quantitative estimate of drug-likeness (QED) is 0.143. The third-order valence-corrected chi connectivity index (χ3v) is 7.19. The third kappa shape index (κ3) is 22.6. The summed E-state index contributed by atoms with van der Waals surface area (Å²) in [6.07, 6.45) is 7.64. The third-order valence-electron chi connectivity index (χ3n) is 7.19. The molecule has 1 atom stereocenters. The van der Waals surface area contributed by atoms with E-state index in [0.29, 0.717) is 5.78 Å². The van der Waals surface area contributed by atoms with Crippen molar-refractivity contribution in [3.05, 3.63) is 70.8 Å². The number of carbonyl (C=O) groups excluding carboxylic acids is 4. The molecule has 0 saturated carbocycles. The van der Waals surface area contributed by atoms with Gasteiger partial charge in [-0.25, -0.2) is 0 Å². The lowest BCUT2D eigenvalue weighted by atomic mass is 9.73. The van der Waals surface area contributed by atoms with Crippen LogP contribution in [-0.2, 0) is 20.8 Å². The van der Waals surface area contributed by atoms with Crippen LogP contribution in [-0.4, -0.2) is 42.5 Å². The largest absolute Gasteiger partial charge is 0.400 e. The minimum absolute atomic E-state index is 0.0122. The second-order valence-corrected chi connectivity index (χ2v) is 10.5. The number of aliphatic hydroxyl groups excluding tert-OH is 1.